The molecule has 0 spiro atoms. The molecule has 1 amide bonds. The number of nitrogens with zero attached hydrogens (tertiary/aromatic N) is 3. The van der Waals surface area contributed by atoms with Gasteiger partial charge in [0, 0.05) is 21.8 Å². The van der Waals surface area contributed by atoms with E-state index in [1.165, 1.54) is 6.33 Å². The zero-order chi connectivity index (χ0) is 20.6. The molecule has 0 radical (unpaired) electrons. The van der Waals surface area contributed by atoms with Crippen LogP contribution in [0, 0.1) is 5.92 Å². The molecule has 6 nitrogen and oxygen atoms in total. The zero-order valence-electron chi connectivity index (χ0n) is 16.4. The van der Waals surface area contributed by atoms with Crippen molar-refractivity contribution in [2.45, 2.75) is 38.8 Å². The number of carbonyl (C=O) groups is 1. The molecule has 0 atom stereocenters. The van der Waals surface area contributed by atoms with Gasteiger partial charge in [0.2, 0.25) is 0 Å². The first-order chi connectivity index (χ1) is 13.9. The number of aliphatic hydroxyl groups is 1. The Morgan fingerprint density at radius 1 is 1.21 bits per heavy atom. The Kier molecular flexibility index (Phi) is 5.15. The van der Waals surface area contributed by atoms with Gasteiger partial charge in [-0.1, -0.05) is 23.7 Å². The minimum absolute atomic E-state index is 0.127. The first-order valence-corrected chi connectivity index (χ1v) is 9.99. The molecule has 0 bridgehead atoms. The van der Waals surface area contributed by atoms with Crippen molar-refractivity contribution in [2.24, 2.45) is 5.92 Å². The van der Waals surface area contributed by atoms with Crippen molar-refractivity contribution in [3.8, 4) is 16.8 Å². The van der Waals surface area contributed by atoms with Crippen LogP contribution in [-0.4, -0.2) is 31.3 Å². The molecular weight excluding hydrogens is 388 g/mol. The molecule has 1 aromatic heterocycles. The standard InChI is InChI=1S/C22H23ClN4O2/c1-22(2,17-5-6-17)25-21(29)16-9-15(14-3-7-18(23)8-4-14)10-19(11-16)27-13-24-26-20(27)12-28/h3-4,7-11,13,17,28H,5-6,12H2,1-2H3,(H,25,29). The van der Waals surface area contributed by atoms with E-state index in [1.807, 2.05) is 36.4 Å². The number of amides is 1. The number of benzene rings is 2. The highest BCUT2D eigenvalue weighted by molar-refractivity contribution is 6.30. The van der Waals surface area contributed by atoms with Gasteiger partial charge in [-0.3, -0.25) is 9.36 Å². The van der Waals surface area contributed by atoms with Crippen LogP contribution < -0.4 is 5.32 Å². The van der Waals surface area contributed by atoms with Gasteiger partial charge in [-0.05, 0) is 74.1 Å². The average molecular weight is 411 g/mol. The molecule has 1 aliphatic carbocycles. The van der Waals surface area contributed by atoms with Gasteiger partial charge in [0.05, 0.1) is 0 Å². The maximum absolute atomic E-state index is 13.1. The van der Waals surface area contributed by atoms with Gasteiger partial charge in [-0.15, -0.1) is 10.2 Å². The second-order valence-corrected chi connectivity index (χ2v) is 8.44. The van der Waals surface area contributed by atoms with Crippen LogP contribution in [-0.2, 0) is 6.61 Å². The van der Waals surface area contributed by atoms with E-state index in [4.69, 9.17) is 11.6 Å². The molecule has 1 fully saturated rings. The van der Waals surface area contributed by atoms with E-state index in [9.17, 15) is 9.90 Å². The molecule has 29 heavy (non-hydrogen) atoms. The number of halogens is 1. The van der Waals surface area contributed by atoms with Crippen LogP contribution in [0.15, 0.2) is 48.8 Å². The highest BCUT2D eigenvalue weighted by atomic mass is 35.5. The molecule has 1 aliphatic rings. The Morgan fingerprint density at radius 2 is 1.93 bits per heavy atom. The predicted molar refractivity (Wildman–Crippen MR) is 112 cm³/mol. The van der Waals surface area contributed by atoms with Crippen LogP contribution in [0.3, 0.4) is 0 Å². The summed E-state index contributed by atoms with van der Waals surface area (Å²) in [7, 11) is 0. The van der Waals surface area contributed by atoms with Crippen molar-refractivity contribution >= 4 is 17.5 Å². The summed E-state index contributed by atoms with van der Waals surface area (Å²) in [5.41, 5.74) is 2.80. The largest absolute Gasteiger partial charge is 0.388 e. The third-order valence-corrected chi connectivity index (χ3v) is 5.68. The fourth-order valence-corrected chi connectivity index (χ4v) is 3.67. The van der Waals surface area contributed by atoms with E-state index in [1.54, 1.807) is 10.6 Å². The van der Waals surface area contributed by atoms with Crippen molar-refractivity contribution in [3.05, 3.63) is 65.2 Å². The molecule has 2 aromatic carbocycles. The third kappa shape index (κ3) is 4.18. The van der Waals surface area contributed by atoms with Crippen molar-refractivity contribution in [2.75, 3.05) is 0 Å². The average Bonchev–Trinajstić information content (AvgIpc) is 3.46. The van der Waals surface area contributed by atoms with E-state index in [0.717, 1.165) is 24.0 Å². The first-order valence-electron chi connectivity index (χ1n) is 9.61. The van der Waals surface area contributed by atoms with Crippen LogP contribution in [0.2, 0.25) is 5.02 Å². The number of rotatable bonds is 6. The van der Waals surface area contributed by atoms with Crippen LogP contribution >= 0.6 is 11.6 Å². The lowest BCUT2D eigenvalue weighted by atomic mass is 9.97. The number of nitrogens with one attached hydrogen (secondary N) is 1. The molecule has 0 saturated heterocycles. The Bertz CT molecular complexity index is 1040. The van der Waals surface area contributed by atoms with Crippen LogP contribution in [0.1, 0.15) is 42.9 Å². The highest BCUT2D eigenvalue weighted by Crippen LogP contribution is 2.39. The number of aliphatic hydroxyl groups excluding tert-OH is 1. The molecule has 7 heteroatoms. The van der Waals surface area contributed by atoms with Gasteiger partial charge in [0.25, 0.3) is 5.91 Å². The molecule has 1 heterocycles. The van der Waals surface area contributed by atoms with E-state index in [-0.39, 0.29) is 18.1 Å². The fraction of sp³-hybridized carbons (Fsp3) is 0.318. The first kappa shape index (κ1) is 19.6. The van der Waals surface area contributed by atoms with E-state index >= 15 is 0 Å². The van der Waals surface area contributed by atoms with Crippen molar-refractivity contribution < 1.29 is 9.90 Å². The quantitative estimate of drug-likeness (QED) is 0.643. The van der Waals surface area contributed by atoms with Gasteiger partial charge in [0.15, 0.2) is 5.82 Å². The Hall–Kier alpha value is -2.70. The fourth-order valence-electron chi connectivity index (χ4n) is 3.54. The lowest BCUT2D eigenvalue weighted by Gasteiger charge is -2.26. The molecular formula is C22H23ClN4O2. The Balaban J connectivity index is 1.77. The van der Waals surface area contributed by atoms with Crippen molar-refractivity contribution in [3.63, 3.8) is 0 Å². The van der Waals surface area contributed by atoms with E-state index < -0.39 is 0 Å². The van der Waals surface area contributed by atoms with Crippen LogP contribution in [0.25, 0.3) is 16.8 Å². The summed E-state index contributed by atoms with van der Waals surface area (Å²) in [6.07, 6.45) is 3.82. The topological polar surface area (TPSA) is 80.0 Å². The number of aromatic nitrogens is 3. The third-order valence-electron chi connectivity index (χ3n) is 5.43. The normalized spacial score (nSPS) is 14.1. The van der Waals surface area contributed by atoms with Gasteiger partial charge >= 0.3 is 0 Å². The minimum atomic E-state index is -0.250. The second kappa shape index (κ2) is 7.61. The molecule has 2 N–H and O–H groups in total. The smallest absolute Gasteiger partial charge is 0.251 e. The Morgan fingerprint density at radius 3 is 2.59 bits per heavy atom. The minimum Gasteiger partial charge on any atom is -0.388 e. The van der Waals surface area contributed by atoms with Gasteiger partial charge in [-0.25, -0.2) is 0 Å². The SMILES string of the molecule is CC(C)(NC(=O)c1cc(-c2ccc(Cl)cc2)cc(-n2cnnc2CO)c1)C1CC1. The molecule has 1 saturated carbocycles. The monoisotopic (exact) mass is 410 g/mol. The molecule has 3 aromatic rings. The predicted octanol–water partition coefficient (Wildman–Crippen LogP) is 4.00. The van der Waals surface area contributed by atoms with Gasteiger partial charge in [0.1, 0.15) is 12.9 Å². The molecule has 0 aliphatic heterocycles. The molecule has 4 rings (SSSR count). The van der Waals surface area contributed by atoms with Crippen molar-refractivity contribution in [1.29, 1.82) is 0 Å². The Labute approximate surface area is 174 Å². The molecule has 0 unspecified atom stereocenters. The zero-order valence-corrected chi connectivity index (χ0v) is 17.1. The second-order valence-electron chi connectivity index (χ2n) is 8.00. The number of hydrogen-bond donors (Lipinski definition) is 2. The summed E-state index contributed by atoms with van der Waals surface area (Å²) >= 11 is 6.03. The lowest BCUT2D eigenvalue weighted by Crippen LogP contribution is -2.45. The summed E-state index contributed by atoms with van der Waals surface area (Å²) in [6, 6.07) is 13.1. The summed E-state index contributed by atoms with van der Waals surface area (Å²) in [5, 5.41) is 21.2. The molecule has 150 valence electrons. The van der Waals surface area contributed by atoms with Gasteiger partial charge < -0.3 is 10.4 Å². The lowest BCUT2D eigenvalue weighted by molar-refractivity contribution is 0.0903. The summed E-state index contributed by atoms with van der Waals surface area (Å²) < 4.78 is 1.68. The number of carbonyl (C=O) groups excluding carboxylic acids is 1. The van der Waals surface area contributed by atoms with Gasteiger partial charge in [-0.2, -0.15) is 0 Å². The van der Waals surface area contributed by atoms with Crippen LogP contribution in [0.4, 0.5) is 0 Å². The van der Waals surface area contributed by atoms with Crippen LogP contribution in [0.5, 0.6) is 0 Å². The summed E-state index contributed by atoms with van der Waals surface area (Å²) in [4.78, 5) is 13.1. The maximum Gasteiger partial charge on any atom is 0.251 e. The number of hydrogen-bond acceptors (Lipinski definition) is 4. The summed E-state index contributed by atoms with van der Waals surface area (Å²) in [6.45, 7) is 3.88. The van der Waals surface area contributed by atoms with E-state index in [2.05, 4.69) is 29.4 Å². The van der Waals surface area contributed by atoms with E-state index in [0.29, 0.717) is 28.0 Å². The van der Waals surface area contributed by atoms with Crippen molar-refractivity contribution in [1.82, 2.24) is 20.1 Å². The summed E-state index contributed by atoms with van der Waals surface area (Å²) in [5.74, 6) is 0.796. The highest BCUT2D eigenvalue weighted by Gasteiger charge is 2.38. The maximum atomic E-state index is 13.1.